The number of halogens is 5. The van der Waals surface area contributed by atoms with Crippen molar-refractivity contribution < 1.29 is 13.2 Å². The van der Waals surface area contributed by atoms with Gasteiger partial charge in [0.1, 0.15) is 0 Å². The Kier molecular flexibility index (Phi) is 4.14. The van der Waals surface area contributed by atoms with Gasteiger partial charge in [-0.3, -0.25) is 0 Å². The second-order valence-corrected chi connectivity index (χ2v) is 6.68. The molecule has 0 saturated heterocycles. The molecule has 0 N–H and O–H groups in total. The molecule has 7 heteroatoms. The number of hydrogen-bond donors (Lipinski definition) is 0. The van der Waals surface area contributed by atoms with Gasteiger partial charge in [0.15, 0.2) is 0 Å². The molecule has 0 fully saturated rings. The van der Waals surface area contributed by atoms with Gasteiger partial charge in [-0.25, -0.2) is 4.99 Å². The number of rotatable bonds is 1. The van der Waals surface area contributed by atoms with E-state index in [0.29, 0.717) is 15.7 Å². The Morgan fingerprint density at radius 3 is 2.55 bits per heavy atom. The highest BCUT2D eigenvalue weighted by Crippen LogP contribution is 2.42. The Balaban J connectivity index is 1.95. The number of thioether (sulfide) groups is 1. The van der Waals surface area contributed by atoms with Crippen LogP contribution in [0.2, 0.25) is 10.0 Å². The Morgan fingerprint density at radius 2 is 1.86 bits per heavy atom. The van der Waals surface area contributed by atoms with Crippen LogP contribution in [0.15, 0.2) is 41.4 Å². The average molecular weight is 362 g/mol. The number of benzene rings is 2. The minimum Gasteiger partial charge on any atom is -0.246 e. The van der Waals surface area contributed by atoms with Crippen LogP contribution in [0.1, 0.15) is 5.56 Å². The van der Waals surface area contributed by atoms with Crippen LogP contribution in [-0.2, 0) is 6.42 Å². The molecule has 0 unspecified atom stereocenters. The van der Waals surface area contributed by atoms with Crippen LogP contribution in [0.4, 0.5) is 18.9 Å². The topological polar surface area (TPSA) is 12.4 Å². The van der Waals surface area contributed by atoms with Crippen molar-refractivity contribution in [2.45, 2.75) is 11.9 Å². The van der Waals surface area contributed by atoms with Gasteiger partial charge < -0.3 is 0 Å². The fourth-order valence-corrected chi connectivity index (χ4v) is 3.36. The summed E-state index contributed by atoms with van der Waals surface area (Å²) in [6, 6.07) is 10.5. The molecule has 0 amide bonds. The zero-order valence-electron chi connectivity index (χ0n) is 10.9. The van der Waals surface area contributed by atoms with Crippen molar-refractivity contribution in [1.29, 1.82) is 0 Å². The second-order valence-electron chi connectivity index (χ2n) is 4.70. The van der Waals surface area contributed by atoms with Crippen LogP contribution in [0.3, 0.4) is 0 Å². The maximum atomic E-state index is 12.4. The van der Waals surface area contributed by atoms with Crippen LogP contribution in [0.25, 0.3) is 11.1 Å². The second kappa shape index (κ2) is 5.80. The maximum Gasteiger partial charge on any atom is 0.447 e. The number of nitrogens with zero attached hydrogens (tertiary/aromatic N) is 1. The monoisotopic (exact) mass is 361 g/mol. The lowest BCUT2D eigenvalue weighted by Gasteiger charge is -2.08. The first-order chi connectivity index (χ1) is 10.3. The van der Waals surface area contributed by atoms with Crippen LogP contribution in [0.5, 0.6) is 0 Å². The van der Waals surface area contributed by atoms with E-state index in [-0.39, 0.29) is 23.2 Å². The van der Waals surface area contributed by atoms with Crippen molar-refractivity contribution in [3.05, 3.63) is 52.0 Å². The SMILES string of the molecule is FC(F)(F)SC1=Nc2cc(Cl)c(-c3cccc(Cl)c3)cc2C1. The van der Waals surface area contributed by atoms with Gasteiger partial charge in [-0.15, -0.1) is 0 Å². The molecule has 0 aromatic heterocycles. The van der Waals surface area contributed by atoms with Crippen LogP contribution in [-0.4, -0.2) is 10.6 Å². The van der Waals surface area contributed by atoms with E-state index >= 15 is 0 Å². The van der Waals surface area contributed by atoms with Crippen molar-refractivity contribution in [2.75, 3.05) is 0 Å². The van der Waals surface area contributed by atoms with Crippen molar-refractivity contribution in [2.24, 2.45) is 4.99 Å². The highest BCUT2D eigenvalue weighted by molar-refractivity contribution is 8.14. The molecule has 114 valence electrons. The minimum absolute atomic E-state index is 0.0295. The minimum atomic E-state index is -4.33. The fourth-order valence-electron chi connectivity index (χ4n) is 2.26. The quantitative estimate of drug-likeness (QED) is 0.564. The van der Waals surface area contributed by atoms with Crippen LogP contribution < -0.4 is 0 Å². The third-order valence-electron chi connectivity index (χ3n) is 3.12. The normalized spacial score (nSPS) is 14.0. The molecule has 0 aliphatic carbocycles. The first kappa shape index (κ1) is 15.7. The lowest BCUT2D eigenvalue weighted by molar-refractivity contribution is -0.0316. The summed E-state index contributed by atoms with van der Waals surface area (Å²) in [5.41, 5.74) is -1.57. The summed E-state index contributed by atoms with van der Waals surface area (Å²) in [5.74, 6) is 0. The highest BCUT2D eigenvalue weighted by atomic mass is 35.5. The van der Waals surface area contributed by atoms with Crippen LogP contribution >= 0.6 is 35.0 Å². The molecule has 1 heterocycles. The first-order valence-electron chi connectivity index (χ1n) is 6.23. The van der Waals surface area contributed by atoms with E-state index in [1.165, 1.54) is 0 Å². The van der Waals surface area contributed by atoms with Gasteiger partial charge in [0.05, 0.1) is 15.8 Å². The zero-order valence-corrected chi connectivity index (χ0v) is 13.2. The van der Waals surface area contributed by atoms with Crippen molar-refractivity contribution >= 4 is 45.7 Å². The lowest BCUT2D eigenvalue weighted by atomic mass is 10.0. The predicted molar refractivity (Wildman–Crippen MR) is 86.3 cm³/mol. The molecule has 0 spiro atoms. The summed E-state index contributed by atoms with van der Waals surface area (Å²) in [5, 5.41) is 1.03. The molecule has 22 heavy (non-hydrogen) atoms. The molecule has 0 saturated carbocycles. The van der Waals surface area contributed by atoms with E-state index in [1.54, 1.807) is 30.3 Å². The Morgan fingerprint density at radius 1 is 1.09 bits per heavy atom. The lowest BCUT2D eigenvalue weighted by Crippen LogP contribution is -2.06. The molecule has 1 nitrogen and oxygen atoms in total. The summed E-state index contributed by atoms with van der Waals surface area (Å²) in [7, 11) is 0. The average Bonchev–Trinajstić information content (AvgIpc) is 2.76. The van der Waals surface area contributed by atoms with Gasteiger partial charge in [0, 0.05) is 28.8 Å². The van der Waals surface area contributed by atoms with Crippen molar-refractivity contribution in [3.63, 3.8) is 0 Å². The maximum absolute atomic E-state index is 12.4. The fraction of sp³-hybridized carbons (Fsp3) is 0.133. The number of fused-ring (bicyclic) bond motifs is 1. The summed E-state index contributed by atoms with van der Waals surface area (Å²) < 4.78 is 37.3. The molecule has 2 aromatic rings. The Bertz CT molecular complexity index is 772. The van der Waals surface area contributed by atoms with Gasteiger partial charge in [-0.2, -0.15) is 13.2 Å². The number of alkyl halides is 3. The van der Waals surface area contributed by atoms with Gasteiger partial charge in [-0.05, 0) is 35.4 Å². The van der Waals surface area contributed by atoms with Crippen molar-refractivity contribution in [1.82, 2.24) is 0 Å². The van der Waals surface area contributed by atoms with Crippen molar-refractivity contribution in [3.8, 4) is 11.1 Å². The molecule has 1 aliphatic heterocycles. The number of hydrogen-bond acceptors (Lipinski definition) is 2. The van der Waals surface area contributed by atoms with Crippen LogP contribution in [0, 0.1) is 0 Å². The van der Waals surface area contributed by atoms with E-state index in [1.807, 2.05) is 6.07 Å². The molecule has 0 bridgehead atoms. The Labute approximate surface area is 139 Å². The summed E-state index contributed by atoms with van der Waals surface area (Å²) in [4.78, 5) is 4.00. The summed E-state index contributed by atoms with van der Waals surface area (Å²) in [6.45, 7) is 0. The van der Waals surface area contributed by atoms with Gasteiger partial charge in [0.25, 0.3) is 0 Å². The van der Waals surface area contributed by atoms with Gasteiger partial charge in [-0.1, -0.05) is 35.3 Å². The summed E-state index contributed by atoms with van der Waals surface area (Å²) >= 11 is 12.0. The third kappa shape index (κ3) is 3.42. The molecular weight excluding hydrogens is 354 g/mol. The summed E-state index contributed by atoms with van der Waals surface area (Å²) in [6.07, 6.45) is 0.157. The van der Waals surface area contributed by atoms with Gasteiger partial charge in [0.2, 0.25) is 0 Å². The largest absolute Gasteiger partial charge is 0.447 e. The molecular formula is C15H8Cl2F3NS. The highest BCUT2D eigenvalue weighted by Gasteiger charge is 2.33. The van der Waals surface area contributed by atoms with Gasteiger partial charge >= 0.3 is 5.51 Å². The molecule has 1 aliphatic rings. The molecule has 0 atom stereocenters. The van der Waals surface area contributed by atoms with E-state index in [9.17, 15) is 13.2 Å². The zero-order chi connectivity index (χ0) is 15.9. The third-order valence-corrected chi connectivity index (χ3v) is 4.37. The molecule has 3 rings (SSSR count). The van der Waals surface area contributed by atoms with E-state index in [0.717, 1.165) is 16.7 Å². The molecule has 0 radical (unpaired) electrons. The van der Waals surface area contributed by atoms with E-state index in [4.69, 9.17) is 23.2 Å². The van der Waals surface area contributed by atoms with E-state index in [2.05, 4.69) is 4.99 Å². The first-order valence-corrected chi connectivity index (χ1v) is 7.81. The standard InChI is InChI=1S/C15H8Cl2F3NS/c16-10-3-1-2-8(4-10)11-5-9-6-14(22-15(18,19)20)21-13(9)7-12(11)17/h1-5,7H,6H2. The van der Waals surface area contributed by atoms with E-state index < -0.39 is 5.51 Å². The predicted octanol–water partition coefficient (Wildman–Crippen LogP) is 6.50. The number of aliphatic imine (C=N–C) groups is 1. The molecule has 2 aromatic carbocycles. The Hall–Kier alpha value is -1.17. The smallest absolute Gasteiger partial charge is 0.246 e.